The largest absolute Gasteiger partial charge is 0.323 e. The third kappa shape index (κ3) is 3.14. The molecule has 122 valence electrons. The molecule has 0 fully saturated rings. The van der Waals surface area contributed by atoms with Crippen LogP contribution < -0.4 is 10.9 Å². The summed E-state index contributed by atoms with van der Waals surface area (Å²) in [6.45, 7) is 0. The van der Waals surface area contributed by atoms with Crippen LogP contribution in [0.3, 0.4) is 0 Å². The van der Waals surface area contributed by atoms with Crippen LogP contribution in [0.4, 0.5) is 10.1 Å². The fourth-order valence-corrected chi connectivity index (χ4v) is 2.60. The van der Waals surface area contributed by atoms with Crippen molar-refractivity contribution in [3.8, 4) is 0 Å². The average molecular weight is 346 g/mol. The molecule has 1 heterocycles. The summed E-state index contributed by atoms with van der Waals surface area (Å²) in [6.07, 6.45) is -0.0866. The van der Waals surface area contributed by atoms with Gasteiger partial charge in [-0.15, -0.1) is 0 Å². The number of hydrogen-bond acceptors (Lipinski definition) is 3. The van der Waals surface area contributed by atoms with E-state index in [4.69, 9.17) is 11.6 Å². The van der Waals surface area contributed by atoms with Gasteiger partial charge in [-0.2, -0.15) is 5.10 Å². The van der Waals surface area contributed by atoms with E-state index in [1.807, 2.05) is 0 Å². The van der Waals surface area contributed by atoms with Crippen LogP contribution in [0.5, 0.6) is 0 Å². The molecule has 1 aromatic heterocycles. The van der Waals surface area contributed by atoms with E-state index >= 15 is 0 Å². The standard InChI is InChI=1S/C17H13ClFN3O2/c1-22-17(24)12-5-3-2-4-11(12)15(21-22)9-16(23)20-14-7-6-10(18)8-13(14)19/h2-8H,9H2,1H3,(H,20,23). The summed E-state index contributed by atoms with van der Waals surface area (Å²) in [4.78, 5) is 24.3. The molecule has 0 saturated heterocycles. The Kier molecular flexibility index (Phi) is 4.31. The number of hydrogen-bond donors (Lipinski definition) is 1. The molecule has 3 rings (SSSR count). The van der Waals surface area contributed by atoms with Gasteiger partial charge in [-0.3, -0.25) is 9.59 Å². The van der Waals surface area contributed by atoms with Crippen LogP contribution in [0.25, 0.3) is 10.8 Å². The molecule has 5 nitrogen and oxygen atoms in total. The van der Waals surface area contributed by atoms with Gasteiger partial charge in [-0.05, 0) is 24.3 Å². The van der Waals surface area contributed by atoms with Crippen molar-refractivity contribution in [1.82, 2.24) is 9.78 Å². The van der Waals surface area contributed by atoms with Crippen molar-refractivity contribution in [3.05, 3.63) is 69.4 Å². The highest BCUT2D eigenvalue weighted by Crippen LogP contribution is 2.19. The van der Waals surface area contributed by atoms with Crippen LogP contribution in [0.1, 0.15) is 5.69 Å². The first-order chi connectivity index (χ1) is 11.5. The zero-order chi connectivity index (χ0) is 17.3. The zero-order valence-electron chi connectivity index (χ0n) is 12.7. The Labute approximate surface area is 141 Å². The van der Waals surface area contributed by atoms with Gasteiger partial charge >= 0.3 is 0 Å². The topological polar surface area (TPSA) is 64.0 Å². The molecule has 2 aromatic carbocycles. The van der Waals surface area contributed by atoms with Gasteiger partial charge in [0, 0.05) is 17.5 Å². The van der Waals surface area contributed by atoms with E-state index in [2.05, 4.69) is 10.4 Å². The van der Waals surface area contributed by atoms with E-state index in [1.54, 1.807) is 24.3 Å². The third-order valence-electron chi connectivity index (χ3n) is 3.57. The SMILES string of the molecule is Cn1nc(CC(=O)Nc2ccc(Cl)cc2F)c2ccccc2c1=O. The smallest absolute Gasteiger partial charge is 0.274 e. The van der Waals surface area contributed by atoms with E-state index in [1.165, 1.54) is 23.9 Å². The van der Waals surface area contributed by atoms with E-state index in [0.717, 1.165) is 6.07 Å². The Morgan fingerprint density at radius 3 is 2.67 bits per heavy atom. The second-order valence-corrected chi connectivity index (χ2v) is 5.71. The minimum absolute atomic E-state index is 0.0403. The maximum atomic E-state index is 13.8. The van der Waals surface area contributed by atoms with Crippen molar-refractivity contribution < 1.29 is 9.18 Å². The van der Waals surface area contributed by atoms with Crippen molar-refractivity contribution in [2.45, 2.75) is 6.42 Å². The Bertz CT molecular complexity index is 1000. The fourth-order valence-electron chi connectivity index (χ4n) is 2.44. The molecular formula is C17H13ClFN3O2. The molecular weight excluding hydrogens is 333 g/mol. The highest BCUT2D eigenvalue weighted by molar-refractivity contribution is 6.30. The average Bonchev–Trinajstić information content (AvgIpc) is 2.55. The van der Waals surface area contributed by atoms with Gasteiger partial charge in [0.2, 0.25) is 5.91 Å². The van der Waals surface area contributed by atoms with Crippen molar-refractivity contribution in [1.29, 1.82) is 0 Å². The van der Waals surface area contributed by atoms with E-state index in [0.29, 0.717) is 16.5 Å². The molecule has 3 aromatic rings. The Morgan fingerprint density at radius 2 is 1.96 bits per heavy atom. The zero-order valence-corrected chi connectivity index (χ0v) is 13.5. The Balaban J connectivity index is 1.91. The highest BCUT2D eigenvalue weighted by Gasteiger charge is 2.13. The van der Waals surface area contributed by atoms with Crippen LogP contribution >= 0.6 is 11.6 Å². The summed E-state index contributed by atoms with van der Waals surface area (Å²) in [7, 11) is 1.52. The van der Waals surface area contributed by atoms with Gasteiger partial charge in [0.25, 0.3) is 5.56 Å². The lowest BCUT2D eigenvalue weighted by Crippen LogP contribution is -2.24. The van der Waals surface area contributed by atoms with Crippen LogP contribution in [-0.4, -0.2) is 15.7 Å². The van der Waals surface area contributed by atoms with Crippen LogP contribution in [0, 0.1) is 5.82 Å². The first-order valence-electron chi connectivity index (χ1n) is 7.15. The number of nitrogens with zero attached hydrogens (tertiary/aromatic N) is 2. The summed E-state index contributed by atoms with van der Waals surface area (Å²) in [6, 6.07) is 10.9. The number of benzene rings is 2. The van der Waals surface area contributed by atoms with Crippen LogP contribution in [0.15, 0.2) is 47.3 Å². The molecule has 0 unspecified atom stereocenters. The summed E-state index contributed by atoms with van der Waals surface area (Å²) in [5.74, 6) is -1.05. The first-order valence-corrected chi connectivity index (χ1v) is 7.53. The molecule has 24 heavy (non-hydrogen) atoms. The number of amides is 1. The molecule has 0 atom stereocenters. The first kappa shape index (κ1) is 16.1. The number of aromatic nitrogens is 2. The lowest BCUT2D eigenvalue weighted by molar-refractivity contribution is -0.115. The van der Waals surface area contributed by atoms with Gasteiger partial charge < -0.3 is 5.32 Å². The van der Waals surface area contributed by atoms with Gasteiger partial charge in [-0.25, -0.2) is 9.07 Å². The Morgan fingerprint density at radius 1 is 1.25 bits per heavy atom. The molecule has 1 N–H and O–H groups in total. The minimum atomic E-state index is -0.617. The summed E-state index contributed by atoms with van der Waals surface area (Å²) in [5.41, 5.74) is 0.247. The van der Waals surface area contributed by atoms with Crippen LogP contribution in [0.2, 0.25) is 5.02 Å². The monoisotopic (exact) mass is 345 g/mol. The Hall–Kier alpha value is -2.73. The van der Waals surface area contributed by atoms with Crippen molar-refractivity contribution >= 4 is 34.0 Å². The number of carbonyl (C=O) groups is 1. The number of nitrogens with one attached hydrogen (secondary N) is 1. The van der Waals surface area contributed by atoms with Crippen molar-refractivity contribution in [2.24, 2.45) is 7.05 Å². The van der Waals surface area contributed by atoms with E-state index < -0.39 is 11.7 Å². The van der Waals surface area contributed by atoms with E-state index in [-0.39, 0.29) is 22.7 Å². The number of fused-ring (bicyclic) bond motifs is 1. The normalized spacial score (nSPS) is 10.8. The molecule has 1 amide bonds. The summed E-state index contributed by atoms with van der Waals surface area (Å²) in [5, 5.41) is 7.96. The number of rotatable bonds is 3. The molecule has 0 radical (unpaired) electrons. The third-order valence-corrected chi connectivity index (χ3v) is 3.80. The molecule has 0 aliphatic carbocycles. The summed E-state index contributed by atoms with van der Waals surface area (Å²) < 4.78 is 14.9. The van der Waals surface area contributed by atoms with Gasteiger partial charge in [0.15, 0.2) is 0 Å². The predicted molar refractivity (Wildman–Crippen MR) is 90.7 cm³/mol. The minimum Gasteiger partial charge on any atom is -0.323 e. The van der Waals surface area contributed by atoms with Crippen molar-refractivity contribution in [3.63, 3.8) is 0 Å². The number of anilines is 1. The molecule has 7 heteroatoms. The number of aryl methyl sites for hydroxylation is 1. The van der Waals surface area contributed by atoms with Gasteiger partial charge in [0.05, 0.1) is 23.2 Å². The maximum absolute atomic E-state index is 13.8. The molecule has 0 saturated carbocycles. The fraction of sp³-hybridized carbons (Fsp3) is 0.118. The second-order valence-electron chi connectivity index (χ2n) is 5.27. The molecule has 0 aliphatic rings. The second kappa shape index (κ2) is 6.41. The van der Waals surface area contributed by atoms with E-state index in [9.17, 15) is 14.0 Å². The molecule has 0 bridgehead atoms. The number of halogens is 2. The highest BCUT2D eigenvalue weighted by atomic mass is 35.5. The van der Waals surface area contributed by atoms with Gasteiger partial charge in [0.1, 0.15) is 5.82 Å². The summed E-state index contributed by atoms with van der Waals surface area (Å²) >= 11 is 5.69. The number of carbonyl (C=O) groups excluding carboxylic acids is 1. The predicted octanol–water partition coefficient (Wildman–Crippen LogP) is 2.91. The molecule has 0 aliphatic heterocycles. The lowest BCUT2D eigenvalue weighted by atomic mass is 10.1. The van der Waals surface area contributed by atoms with Gasteiger partial charge in [-0.1, -0.05) is 29.8 Å². The lowest BCUT2D eigenvalue weighted by Gasteiger charge is -2.09. The van der Waals surface area contributed by atoms with Crippen molar-refractivity contribution in [2.75, 3.05) is 5.32 Å². The van der Waals surface area contributed by atoms with Crippen LogP contribution in [-0.2, 0) is 18.3 Å². The maximum Gasteiger partial charge on any atom is 0.274 e. The molecule has 0 spiro atoms. The quantitative estimate of drug-likeness (QED) is 0.794.